The van der Waals surface area contributed by atoms with Crippen LogP contribution in [0, 0.1) is 5.41 Å². The van der Waals surface area contributed by atoms with Crippen LogP contribution in [-0.4, -0.2) is 25.7 Å². The van der Waals surface area contributed by atoms with Crippen LogP contribution in [0.4, 0.5) is 5.69 Å². The number of anilines is 1. The molecule has 1 aromatic rings. The third kappa shape index (κ3) is 6.29. The maximum absolute atomic E-state index is 12.6. The Morgan fingerprint density at radius 1 is 1.32 bits per heavy atom. The van der Waals surface area contributed by atoms with Gasteiger partial charge in [0, 0.05) is 11.1 Å². The Labute approximate surface area is 151 Å². The number of nitrogens with one attached hydrogen (secondary N) is 1. The van der Waals surface area contributed by atoms with Crippen LogP contribution in [0.15, 0.2) is 48.6 Å². The van der Waals surface area contributed by atoms with Crippen LogP contribution in [0.25, 0.3) is 0 Å². The van der Waals surface area contributed by atoms with Crippen LogP contribution >= 0.6 is 0 Å². The van der Waals surface area contributed by atoms with Gasteiger partial charge in [0.05, 0.1) is 13.7 Å². The Hall–Kier alpha value is -2.23. The highest BCUT2D eigenvalue weighted by Crippen LogP contribution is 2.33. The van der Waals surface area contributed by atoms with Crippen molar-refractivity contribution in [2.24, 2.45) is 5.41 Å². The van der Waals surface area contributed by atoms with Crippen molar-refractivity contribution in [2.75, 3.05) is 19.0 Å². The first-order valence-corrected chi connectivity index (χ1v) is 8.70. The second-order valence-corrected chi connectivity index (χ2v) is 6.59. The molecule has 0 bridgehead atoms. The van der Waals surface area contributed by atoms with E-state index in [9.17, 15) is 4.79 Å². The number of hydrogen-bond donors (Lipinski definition) is 1. The van der Waals surface area contributed by atoms with Crippen LogP contribution in [-0.2, 0) is 9.53 Å². The van der Waals surface area contributed by atoms with Gasteiger partial charge >= 0.3 is 5.97 Å². The van der Waals surface area contributed by atoms with Gasteiger partial charge < -0.3 is 14.8 Å². The molecule has 0 saturated carbocycles. The summed E-state index contributed by atoms with van der Waals surface area (Å²) in [6.07, 6.45) is 5.71. The lowest BCUT2D eigenvalue weighted by atomic mass is 9.77. The van der Waals surface area contributed by atoms with Crippen LogP contribution in [0.3, 0.4) is 0 Å². The molecule has 0 aliphatic rings. The molecule has 0 aromatic heterocycles. The van der Waals surface area contributed by atoms with E-state index in [4.69, 9.17) is 9.47 Å². The highest BCUT2D eigenvalue weighted by atomic mass is 16.5. The van der Waals surface area contributed by atoms with Crippen molar-refractivity contribution in [3.8, 4) is 5.75 Å². The monoisotopic (exact) mass is 345 g/mol. The Balaban J connectivity index is 3.04. The minimum atomic E-state index is -0.510. The van der Waals surface area contributed by atoms with Crippen LogP contribution in [0.1, 0.15) is 40.5 Å². The summed E-state index contributed by atoms with van der Waals surface area (Å²) in [6, 6.07) is 7.00. The van der Waals surface area contributed by atoms with Gasteiger partial charge in [0.2, 0.25) is 0 Å². The number of methoxy groups -OCH3 is 1. The van der Waals surface area contributed by atoms with Crippen LogP contribution in [0.5, 0.6) is 5.75 Å². The van der Waals surface area contributed by atoms with Gasteiger partial charge in [0.25, 0.3) is 0 Å². The number of carbonyl (C=O) groups excluding carboxylic acids is 1. The fourth-order valence-electron chi connectivity index (χ4n) is 2.61. The molecule has 138 valence electrons. The van der Waals surface area contributed by atoms with Crippen LogP contribution in [0.2, 0.25) is 0 Å². The minimum Gasteiger partial charge on any atom is -0.497 e. The normalized spacial score (nSPS) is 14.0. The maximum atomic E-state index is 12.6. The van der Waals surface area contributed by atoms with Crippen molar-refractivity contribution in [3.63, 3.8) is 0 Å². The van der Waals surface area contributed by atoms with E-state index in [1.165, 1.54) is 5.57 Å². The first-order valence-electron chi connectivity index (χ1n) is 8.70. The van der Waals surface area contributed by atoms with Gasteiger partial charge in [-0.1, -0.05) is 24.6 Å². The maximum Gasteiger partial charge on any atom is 0.329 e. The minimum absolute atomic E-state index is 0.266. The molecule has 1 aromatic carbocycles. The number of carbonyl (C=O) groups is 1. The first kappa shape index (κ1) is 20.8. The summed E-state index contributed by atoms with van der Waals surface area (Å²) in [5.41, 5.74) is 1.68. The fourth-order valence-corrected chi connectivity index (χ4v) is 2.61. The molecule has 0 heterocycles. The Morgan fingerprint density at radius 2 is 1.96 bits per heavy atom. The van der Waals surface area contributed by atoms with E-state index >= 15 is 0 Å². The third-order valence-electron chi connectivity index (χ3n) is 4.28. The van der Waals surface area contributed by atoms with Gasteiger partial charge in [-0.3, -0.25) is 0 Å². The van der Waals surface area contributed by atoms with Gasteiger partial charge in [-0.25, -0.2) is 4.79 Å². The molecular formula is C21H31NO3. The summed E-state index contributed by atoms with van der Waals surface area (Å²) in [5.74, 6) is 0.506. The van der Waals surface area contributed by atoms with E-state index in [2.05, 4.69) is 31.8 Å². The van der Waals surface area contributed by atoms with Gasteiger partial charge in [0.15, 0.2) is 0 Å². The Bertz CT molecular complexity index is 588. The van der Waals surface area contributed by atoms with Gasteiger partial charge in [-0.15, -0.1) is 6.58 Å². The number of allylic oxidation sites excluding steroid dienone is 2. The third-order valence-corrected chi connectivity index (χ3v) is 4.28. The second-order valence-electron chi connectivity index (χ2n) is 6.59. The van der Waals surface area contributed by atoms with E-state index in [0.717, 1.165) is 24.3 Å². The summed E-state index contributed by atoms with van der Waals surface area (Å²) in [6.45, 7) is 12.3. The van der Waals surface area contributed by atoms with E-state index in [1.54, 1.807) is 7.11 Å². The lowest BCUT2D eigenvalue weighted by molar-refractivity contribution is -0.146. The molecule has 0 aliphatic carbocycles. The van der Waals surface area contributed by atoms with Crippen molar-refractivity contribution in [2.45, 2.75) is 46.6 Å². The largest absolute Gasteiger partial charge is 0.497 e. The molecule has 0 spiro atoms. The van der Waals surface area contributed by atoms with Crippen molar-refractivity contribution in [1.82, 2.24) is 0 Å². The smallest absolute Gasteiger partial charge is 0.329 e. The summed E-state index contributed by atoms with van der Waals surface area (Å²) in [7, 11) is 1.63. The highest BCUT2D eigenvalue weighted by molar-refractivity contribution is 5.81. The van der Waals surface area contributed by atoms with Crippen molar-refractivity contribution < 1.29 is 14.3 Å². The van der Waals surface area contributed by atoms with Crippen molar-refractivity contribution in [3.05, 3.63) is 48.6 Å². The summed E-state index contributed by atoms with van der Waals surface area (Å²) < 4.78 is 10.5. The highest BCUT2D eigenvalue weighted by Gasteiger charge is 2.37. The second kappa shape index (κ2) is 9.92. The lowest BCUT2D eigenvalue weighted by Crippen LogP contribution is -2.44. The molecule has 1 N–H and O–H groups in total. The molecule has 4 nitrogen and oxygen atoms in total. The molecule has 25 heavy (non-hydrogen) atoms. The Kier molecular flexibility index (Phi) is 8.26. The Morgan fingerprint density at radius 3 is 2.44 bits per heavy atom. The molecule has 4 heteroatoms. The van der Waals surface area contributed by atoms with E-state index in [1.807, 2.05) is 44.2 Å². The zero-order valence-electron chi connectivity index (χ0n) is 16.1. The molecule has 0 saturated heterocycles. The molecule has 0 amide bonds. The predicted octanol–water partition coefficient (Wildman–Crippen LogP) is 4.98. The molecular weight excluding hydrogens is 314 g/mol. The predicted molar refractivity (Wildman–Crippen MR) is 104 cm³/mol. The van der Waals surface area contributed by atoms with Crippen LogP contribution < -0.4 is 10.1 Å². The van der Waals surface area contributed by atoms with Gasteiger partial charge in [-0.2, -0.15) is 0 Å². The molecule has 2 atom stereocenters. The average Bonchev–Trinajstić information content (AvgIpc) is 2.59. The number of hydrogen-bond acceptors (Lipinski definition) is 4. The summed E-state index contributed by atoms with van der Waals surface area (Å²) >= 11 is 0. The average molecular weight is 345 g/mol. The first-order chi connectivity index (χ1) is 11.9. The van der Waals surface area contributed by atoms with E-state index in [-0.39, 0.29) is 5.97 Å². The zero-order chi connectivity index (χ0) is 18.9. The van der Waals surface area contributed by atoms with E-state index in [0.29, 0.717) is 6.61 Å². The van der Waals surface area contributed by atoms with E-state index < -0.39 is 11.5 Å². The summed E-state index contributed by atoms with van der Waals surface area (Å²) in [4.78, 5) is 12.6. The molecule has 0 fully saturated rings. The fraction of sp³-hybridized carbons (Fsp3) is 0.476. The topological polar surface area (TPSA) is 47.6 Å². The van der Waals surface area contributed by atoms with Gasteiger partial charge in [0.1, 0.15) is 11.8 Å². The van der Waals surface area contributed by atoms with Crippen molar-refractivity contribution in [1.29, 1.82) is 0 Å². The zero-order valence-corrected chi connectivity index (χ0v) is 16.1. The quantitative estimate of drug-likeness (QED) is 0.480. The number of rotatable bonds is 10. The number of benzene rings is 1. The van der Waals surface area contributed by atoms with Gasteiger partial charge in [-0.05, 0) is 57.9 Å². The van der Waals surface area contributed by atoms with Crippen molar-refractivity contribution >= 4 is 11.7 Å². The standard InChI is InChI=1S/C21H31NO3/c1-7-21(5,15-9-10-16(3)4)19(20(23)25-8-2)22-17-11-13-18(24-6)14-12-17/h7,10-14,19,22H,1,8-9,15H2,2-6H3/t19-,21+/m0/s1. The SMILES string of the molecule is C=C[C@](C)(CCC=C(C)C)[C@@H](Nc1ccc(OC)cc1)C(=O)OCC. The molecule has 1 rings (SSSR count). The molecule has 0 unspecified atom stereocenters. The number of ether oxygens (including phenoxy) is 2. The molecule has 0 aliphatic heterocycles. The lowest BCUT2D eigenvalue weighted by Gasteiger charge is -2.34. The number of esters is 1. The summed E-state index contributed by atoms with van der Waals surface area (Å²) in [5, 5.41) is 3.32. The molecule has 0 radical (unpaired) electrons.